The fourth-order valence-corrected chi connectivity index (χ4v) is 2.46. The molecule has 0 saturated heterocycles. The highest BCUT2D eigenvalue weighted by atomic mass is 32.1. The van der Waals surface area contributed by atoms with Crippen LogP contribution < -0.4 is 5.32 Å². The van der Waals surface area contributed by atoms with Gasteiger partial charge in [-0.2, -0.15) is 0 Å². The zero-order chi connectivity index (χ0) is 13.3. The molecule has 1 N–H and O–H groups in total. The van der Waals surface area contributed by atoms with Crippen LogP contribution in [0.3, 0.4) is 0 Å². The van der Waals surface area contributed by atoms with Crippen LogP contribution in [-0.2, 0) is 0 Å². The van der Waals surface area contributed by atoms with Gasteiger partial charge in [-0.15, -0.1) is 17.8 Å². The summed E-state index contributed by atoms with van der Waals surface area (Å²) in [5.41, 5.74) is 1.17. The lowest BCUT2D eigenvalue weighted by molar-refractivity contribution is -0.383. The first-order valence-electron chi connectivity index (χ1n) is 5.29. The number of aromatic nitrogens is 1. The van der Waals surface area contributed by atoms with Crippen molar-refractivity contribution in [3.8, 4) is 12.3 Å². The molecule has 2 aromatic rings. The standard InChI is InChI=1S/C12H11N3O2S/c1-4-7(2)13-9-5-10-12(18-8(3)14-10)6-11(9)15(16)17/h1,5-7,13H,2-3H3. The second-order valence-corrected chi connectivity index (χ2v) is 5.09. The number of nitrogens with one attached hydrogen (secondary N) is 1. The van der Waals surface area contributed by atoms with E-state index in [1.807, 2.05) is 6.92 Å². The Morgan fingerprint density at radius 1 is 1.61 bits per heavy atom. The lowest BCUT2D eigenvalue weighted by Crippen LogP contribution is -2.13. The Morgan fingerprint density at radius 3 is 2.94 bits per heavy atom. The molecule has 1 unspecified atom stereocenters. The molecule has 0 fully saturated rings. The highest BCUT2D eigenvalue weighted by molar-refractivity contribution is 7.18. The molecular weight excluding hydrogens is 250 g/mol. The monoisotopic (exact) mass is 261 g/mol. The molecule has 0 spiro atoms. The van der Waals surface area contributed by atoms with Crippen LogP contribution in [0.4, 0.5) is 11.4 Å². The van der Waals surface area contributed by atoms with E-state index < -0.39 is 4.92 Å². The number of terminal acetylenes is 1. The summed E-state index contributed by atoms with van der Waals surface area (Å²) < 4.78 is 0.804. The van der Waals surface area contributed by atoms with Gasteiger partial charge >= 0.3 is 0 Å². The second kappa shape index (κ2) is 4.63. The highest BCUT2D eigenvalue weighted by Crippen LogP contribution is 2.33. The van der Waals surface area contributed by atoms with Crippen molar-refractivity contribution >= 4 is 32.9 Å². The average molecular weight is 261 g/mol. The van der Waals surface area contributed by atoms with E-state index in [-0.39, 0.29) is 11.7 Å². The van der Waals surface area contributed by atoms with Gasteiger partial charge in [0.05, 0.1) is 26.2 Å². The number of hydrogen-bond acceptors (Lipinski definition) is 5. The molecule has 0 aliphatic carbocycles. The van der Waals surface area contributed by atoms with E-state index in [4.69, 9.17) is 6.42 Å². The van der Waals surface area contributed by atoms with E-state index in [1.54, 1.807) is 13.0 Å². The van der Waals surface area contributed by atoms with Crippen LogP contribution in [-0.4, -0.2) is 15.9 Å². The van der Waals surface area contributed by atoms with Gasteiger partial charge in [-0.1, -0.05) is 5.92 Å². The van der Waals surface area contributed by atoms with Crippen LogP contribution in [0.5, 0.6) is 0 Å². The van der Waals surface area contributed by atoms with Crippen molar-refractivity contribution in [3.05, 3.63) is 27.3 Å². The third-order valence-electron chi connectivity index (χ3n) is 2.43. The van der Waals surface area contributed by atoms with Crippen LogP contribution in [0.1, 0.15) is 11.9 Å². The number of nitro groups is 1. The smallest absolute Gasteiger partial charge is 0.293 e. The molecule has 92 valence electrons. The minimum Gasteiger partial charge on any atom is -0.366 e. The second-order valence-electron chi connectivity index (χ2n) is 3.86. The van der Waals surface area contributed by atoms with Crippen LogP contribution in [0.15, 0.2) is 12.1 Å². The van der Waals surface area contributed by atoms with Gasteiger partial charge in [-0.05, 0) is 19.9 Å². The van der Waals surface area contributed by atoms with Gasteiger partial charge < -0.3 is 5.32 Å². The largest absolute Gasteiger partial charge is 0.366 e. The summed E-state index contributed by atoms with van der Waals surface area (Å²) >= 11 is 1.43. The van der Waals surface area contributed by atoms with Crippen molar-refractivity contribution in [1.82, 2.24) is 4.98 Å². The maximum atomic E-state index is 11.0. The minimum atomic E-state index is -0.417. The topological polar surface area (TPSA) is 68.1 Å². The molecule has 2 rings (SSSR count). The van der Waals surface area contributed by atoms with Gasteiger partial charge in [0.2, 0.25) is 0 Å². The molecule has 0 aliphatic rings. The van der Waals surface area contributed by atoms with Gasteiger partial charge in [0.15, 0.2) is 0 Å². The van der Waals surface area contributed by atoms with Crippen molar-refractivity contribution < 1.29 is 4.92 Å². The fourth-order valence-electron chi connectivity index (χ4n) is 1.62. The highest BCUT2D eigenvalue weighted by Gasteiger charge is 2.17. The SMILES string of the molecule is C#CC(C)Nc1cc2nc(C)sc2cc1[N+](=O)[O-]. The number of benzene rings is 1. The number of nitrogens with zero attached hydrogens (tertiary/aromatic N) is 2. The van der Waals surface area contributed by atoms with Gasteiger partial charge in [0, 0.05) is 6.07 Å². The first kappa shape index (κ1) is 12.3. The lowest BCUT2D eigenvalue weighted by atomic mass is 10.2. The van der Waals surface area contributed by atoms with Crippen molar-refractivity contribution in [2.45, 2.75) is 19.9 Å². The van der Waals surface area contributed by atoms with Crippen molar-refractivity contribution in [3.63, 3.8) is 0 Å². The average Bonchev–Trinajstić information content (AvgIpc) is 2.66. The Labute approximate surface area is 108 Å². The molecule has 1 heterocycles. The zero-order valence-electron chi connectivity index (χ0n) is 9.93. The van der Waals surface area contributed by atoms with Crippen LogP contribution in [0.2, 0.25) is 0 Å². The molecule has 6 heteroatoms. The maximum Gasteiger partial charge on any atom is 0.293 e. The number of hydrogen-bond donors (Lipinski definition) is 1. The molecule has 0 aliphatic heterocycles. The van der Waals surface area contributed by atoms with Gasteiger partial charge in [0.25, 0.3) is 5.69 Å². The Morgan fingerprint density at radius 2 is 2.33 bits per heavy atom. The van der Waals surface area contributed by atoms with Crippen LogP contribution in [0, 0.1) is 29.4 Å². The quantitative estimate of drug-likeness (QED) is 0.524. The summed E-state index contributed by atoms with van der Waals surface area (Å²) in [4.78, 5) is 14.9. The summed E-state index contributed by atoms with van der Waals surface area (Å²) in [6.45, 7) is 3.63. The predicted molar refractivity (Wildman–Crippen MR) is 72.9 cm³/mol. The third-order valence-corrected chi connectivity index (χ3v) is 3.37. The van der Waals surface area contributed by atoms with Crippen molar-refractivity contribution in [1.29, 1.82) is 0 Å². The Hall–Kier alpha value is -2.13. The van der Waals surface area contributed by atoms with E-state index in [9.17, 15) is 10.1 Å². The number of thiazole rings is 1. The normalized spacial score (nSPS) is 12.1. The predicted octanol–water partition coefficient (Wildman–Crippen LogP) is 2.95. The number of rotatable bonds is 3. The summed E-state index contributed by atoms with van der Waals surface area (Å²) in [6, 6.07) is 2.93. The molecular formula is C12H11N3O2S. The summed E-state index contributed by atoms with van der Waals surface area (Å²) in [7, 11) is 0. The Bertz CT molecular complexity index is 657. The molecule has 0 saturated carbocycles. The van der Waals surface area contributed by atoms with Crippen molar-refractivity contribution in [2.24, 2.45) is 0 Å². The van der Waals surface area contributed by atoms with E-state index >= 15 is 0 Å². The van der Waals surface area contributed by atoms with E-state index in [0.717, 1.165) is 15.2 Å². The number of fused-ring (bicyclic) bond motifs is 1. The molecule has 1 aromatic carbocycles. The maximum absolute atomic E-state index is 11.0. The van der Waals surface area contributed by atoms with E-state index in [0.29, 0.717) is 5.69 Å². The summed E-state index contributed by atoms with van der Waals surface area (Å²) in [5.74, 6) is 2.48. The third kappa shape index (κ3) is 2.26. The first-order chi connectivity index (χ1) is 8.51. The molecule has 0 radical (unpaired) electrons. The molecule has 1 aromatic heterocycles. The van der Waals surface area contributed by atoms with Crippen LogP contribution in [0.25, 0.3) is 10.2 Å². The minimum absolute atomic E-state index is 0.0215. The lowest BCUT2D eigenvalue weighted by Gasteiger charge is -2.09. The number of anilines is 1. The van der Waals surface area contributed by atoms with Gasteiger partial charge in [0.1, 0.15) is 5.69 Å². The zero-order valence-corrected chi connectivity index (χ0v) is 10.7. The molecule has 0 amide bonds. The van der Waals surface area contributed by atoms with E-state index in [1.165, 1.54) is 17.4 Å². The summed E-state index contributed by atoms with van der Waals surface area (Å²) in [6.07, 6.45) is 5.27. The molecule has 0 bridgehead atoms. The first-order valence-corrected chi connectivity index (χ1v) is 6.11. The van der Waals surface area contributed by atoms with Crippen molar-refractivity contribution in [2.75, 3.05) is 5.32 Å². The Balaban J connectivity index is 2.58. The molecule has 18 heavy (non-hydrogen) atoms. The molecule has 1 atom stereocenters. The van der Waals surface area contributed by atoms with Gasteiger partial charge in [-0.3, -0.25) is 10.1 Å². The number of aryl methyl sites for hydroxylation is 1. The van der Waals surface area contributed by atoms with Crippen LogP contribution >= 0.6 is 11.3 Å². The fraction of sp³-hybridized carbons (Fsp3) is 0.250. The number of nitro benzene ring substituents is 1. The Kier molecular flexibility index (Phi) is 3.17. The molecule has 5 nitrogen and oxygen atoms in total. The van der Waals surface area contributed by atoms with Gasteiger partial charge in [-0.25, -0.2) is 4.98 Å². The van der Waals surface area contributed by atoms with E-state index in [2.05, 4.69) is 16.2 Å². The summed E-state index contributed by atoms with van der Waals surface area (Å²) in [5, 5.41) is 14.8.